The van der Waals surface area contributed by atoms with E-state index in [2.05, 4.69) is 42.4 Å². The van der Waals surface area contributed by atoms with Crippen LogP contribution in [0.2, 0.25) is 0 Å². The van der Waals surface area contributed by atoms with Gasteiger partial charge in [-0.05, 0) is 49.7 Å². The summed E-state index contributed by atoms with van der Waals surface area (Å²) >= 11 is 1.94. The molecule has 0 saturated carbocycles. The van der Waals surface area contributed by atoms with Crippen molar-refractivity contribution in [3.63, 3.8) is 0 Å². The largest absolute Gasteiger partial charge is 0.315 e. The third kappa shape index (κ3) is 3.59. The molecule has 2 heterocycles. The van der Waals surface area contributed by atoms with Crippen molar-refractivity contribution in [2.45, 2.75) is 58.5 Å². The molecule has 2 nitrogen and oxygen atoms in total. The Morgan fingerprint density at radius 2 is 2.26 bits per heavy atom. The van der Waals surface area contributed by atoms with E-state index in [1.54, 1.807) is 10.4 Å². The molecule has 0 radical (unpaired) electrons. The van der Waals surface area contributed by atoms with E-state index in [0.29, 0.717) is 12.1 Å². The van der Waals surface area contributed by atoms with E-state index in [1.807, 2.05) is 11.3 Å². The van der Waals surface area contributed by atoms with Crippen LogP contribution >= 0.6 is 11.3 Å². The number of fused-ring (bicyclic) bond motifs is 1. The molecule has 1 aliphatic rings. The Kier molecular flexibility index (Phi) is 5.86. The normalized spacial score (nSPS) is 21.3. The second-order valence-electron chi connectivity index (χ2n) is 5.61. The van der Waals surface area contributed by atoms with E-state index >= 15 is 0 Å². The second kappa shape index (κ2) is 7.41. The minimum Gasteiger partial charge on any atom is -0.315 e. The molecule has 0 bridgehead atoms. The van der Waals surface area contributed by atoms with E-state index < -0.39 is 0 Å². The summed E-state index contributed by atoms with van der Waals surface area (Å²) in [5, 5.41) is 5.88. The molecular formula is C16H28N2S. The van der Waals surface area contributed by atoms with Gasteiger partial charge in [-0.2, -0.15) is 0 Å². The topological polar surface area (TPSA) is 15.3 Å². The predicted molar refractivity (Wildman–Crippen MR) is 85.0 cm³/mol. The number of nitrogens with zero attached hydrogens (tertiary/aromatic N) is 1. The standard InChI is InChI=1S/C16H28N2S/c1-4-6-14(12-17-9-5-2)18-10-7-16-15(13(18)3)8-11-19-16/h8,11,13-14,17H,4-7,9-10,12H2,1-3H3. The number of hydrogen-bond acceptors (Lipinski definition) is 3. The van der Waals surface area contributed by atoms with Crippen molar-refractivity contribution >= 4 is 11.3 Å². The van der Waals surface area contributed by atoms with Gasteiger partial charge in [0.1, 0.15) is 0 Å². The van der Waals surface area contributed by atoms with Gasteiger partial charge in [0.2, 0.25) is 0 Å². The fraction of sp³-hybridized carbons (Fsp3) is 0.750. The van der Waals surface area contributed by atoms with Crippen molar-refractivity contribution in [2.24, 2.45) is 0 Å². The Balaban J connectivity index is 2.01. The van der Waals surface area contributed by atoms with Crippen molar-refractivity contribution in [3.8, 4) is 0 Å². The lowest BCUT2D eigenvalue weighted by Gasteiger charge is -2.40. The van der Waals surface area contributed by atoms with Gasteiger partial charge in [0, 0.05) is 30.1 Å². The molecular weight excluding hydrogens is 252 g/mol. The number of nitrogens with one attached hydrogen (secondary N) is 1. The van der Waals surface area contributed by atoms with E-state index in [1.165, 1.54) is 32.2 Å². The first-order valence-electron chi connectivity index (χ1n) is 7.80. The fourth-order valence-corrected chi connectivity index (χ4v) is 4.15. The first-order chi connectivity index (χ1) is 9.27. The summed E-state index contributed by atoms with van der Waals surface area (Å²) in [4.78, 5) is 4.34. The Labute approximate surface area is 122 Å². The molecule has 0 spiro atoms. The van der Waals surface area contributed by atoms with E-state index in [-0.39, 0.29) is 0 Å². The maximum absolute atomic E-state index is 3.62. The van der Waals surface area contributed by atoms with Gasteiger partial charge in [0.05, 0.1) is 0 Å². The van der Waals surface area contributed by atoms with Crippen LogP contribution in [0.15, 0.2) is 11.4 Å². The SMILES string of the molecule is CCCNCC(CCC)N1CCc2sccc2C1C. The molecule has 1 aromatic rings. The molecule has 1 N–H and O–H groups in total. The molecule has 1 aromatic heterocycles. The lowest BCUT2D eigenvalue weighted by atomic mass is 9.97. The molecule has 0 amide bonds. The average Bonchev–Trinajstić information content (AvgIpc) is 2.88. The number of rotatable bonds is 7. The van der Waals surface area contributed by atoms with Crippen molar-refractivity contribution in [1.29, 1.82) is 0 Å². The van der Waals surface area contributed by atoms with Crippen LogP contribution < -0.4 is 5.32 Å². The summed E-state index contributed by atoms with van der Waals surface area (Å²) in [7, 11) is 0. The van der Waals surface area contributed by atoms with Gasteiger partial charge in [0.25, 0.3) is 0 Å². The van der Waals surface area contributed by atoms with Crippen LogP contribution in [0.25, 0.3) is 0 Å². The van der Waals surface area contributed by atoms with Crippen molar-refractivity contribution < 1.29 is 0 Å². The Hall–Kier alpha value is -0.380. The Bertz CT molecular complexity index is 375. The highest BCUT2D eigenvalue weighted by Gasteiger charge is 2.29. The minimum absolute atomic E-state index is 0.593. The molecule has 1 aliphatic heterocycles. The highest BCUT2D eigenvalue weighted by atomic mass is 32.1. The van der Waals surface area contributed by atoms with Crippen LogP contribution in [-0.4, -0.2) is 30.6 Å². The average molecular weight is 280 g/mol. The molecule has 3 heteroatoms. The summed E-state index contributed by atoms with van der Waals surface area (Å²) in [6.45, 7) is 10.4. The van der Waals surface area contributed by atoms with Crippen LogP contribution in [0.3, 0.4) is 0 Å². The number of hydrogen-bond donors (Lipinski definition) is 1. The predicted octanol–water partition coefficient (Wildman–Crippen LogP) is 3.84. The molecule has 2 atom stereocenters. The lowest BCUT2D eigenvalue weighted by Crippen LogP contribution is -2.46. The molecule has 19 heavy (non-hydrogen) atoms. The maximum atomic E-state index is 3.62. The van der Waals surface area contributed by atoms with Gasteiger partial charge in [-0.1, -0.05) is 20.3 Å². The zero-order valence-corrected chi connectivity index (χ0v) is 13.4. The van der Waals surface area contributed by atoms with Crippen LogP contribution in [-0.2, 0) is 6.42 Å². The van der Waals surface area contributed by atoms with Gasteiger partial charge >= 0.3 is 0 Å². The first kappa shape index (κ1) is 15.0. The quantitative estimate of drug-likeness (QED) is 0.764. The third-order valence-electron chi connectivity index (χ3n) is 4.22. The number of thiophene rings is 1. The molecule has 0 aromatic carbocycles. The summed E-state index contributed by atoms with van der Waals surface area (Å²) < 4.78 is 0. The lowest BCUT2D eigenvalue weighted by molar-refractivity contribution is 0.125. The fourth-order valence-electron chi connectivity index (χ4n) is 3.19. The summed E-state index contributed by atoms with van der Waals surface area (Å²) in [5.74, 6) is 0. The molecule has 0 aliphatic carbocycles. The summed E-state index contributed by atoms with van der Waals surface area (Å²) in [6.07, 6.45) is 5.05. The van der Waals surface area contributed by atoms with Gasteiger partial charge in [0.15, 0.2) is 0 Å². The molecule has 2 unspecified atom stereocenters. The van der Waals surface area contributed by atoms with Gasteiger partial charge in [-0.3, -0.25) is 4.90 Å². The minimum atomic E-state index is 0.593. The zero-order chi connectivity index (χ0) is 13.7. The molecule has 0 fully saturated rings. The Morgan fingerprint density at radius 3 is 3.00 bits per heavy atom. The smallest absolute Gasteiger partial charge is 0.0334 e. The van der Waals surface area contributed by atoms with Crippen LogP contribution in [0.4, 0.5) is 0 Å². The van der Waals surface area contributed by atoms with Crippen molar-refractivity contribution in [3.05, 3.63) is 21.9 Å². The van der Waals surface area contributed by atoms with Gasteiger partial charge < -0.3 is 5.32 Å². The van der Waals surface area contributed by atoms with Gasteiger partial charge in [-0.25, -0.2) is 0 Å². The van der Waals surface area contributed by atoms with Crippen molar-refractivity contribution in [2.75, 3.05) is 19.6 Å². The van der Waals surface area contributed by atoms with E-state index in [0.717, 1.165) is 13.1 Å². The Morgan fingerprint density at radius 1 is 1.42 bits per heavy atom. The maximum Gasteiger partial charge on any atom is 0.0334 e. The highest BCUT2D eigenvalue weighted by molar-refractivity contribution is 7.10. The first-order valence-corrected chi connectivity index (χ1v) is 8.68. The van der Waals surface area contributed by atoms with E-state index in [4.69, 9.17) is 0 Å². The zero-order valence-electron chi connectivity index (χ0n) is 12.6. The summed E-state index contributed by atoms with van der Waals surface area (Å²) in [6, 6.07) is 3.62. The highest BCUT2D eigenvalue weighted by Crippen LogP contribution is 2.34. The molecule has 108 valence electrons. The summed E-state index contributed by atoms with van der Waals surface area (Å²) in [5.41, 5.74) is 1.58. The monoisotopic (exact) mass is 280 g/mol. The van der Waals surface area contributed by atoms with Crippen LogP contribution in [0.1, 0.15) is 56.5 Å². The second-order valence-corrected chi connectivity index (χ2v) is 6.61. The van der Waals surface area contributed by atoms with Crippen molar-refractivity contribution in [1.82, 2.24) is 10.2 Å². The van der Waals surface area contributed by atoms with Gasteiger partial charge in [-0.15, -0.1) is 11.3 Å². The van der Waals surface area contributed by atoms with E-state index in [9.17, 15) is 0 Å². The molecule has 2 rings (SSSR count). The molecule has 0 saturated heterocycles. The van der Waals surface area contributed by atoms with Crippen LogP contribution in [0, 0.1) is 0 Å². The van der Waals surface area contributed by atoms with Crippen LogP contribution in [0.5, 0.6) is 0 Å². The third-order valence-corrected chi connectivity index (χ3v) is 5.22.